The second-order valence-corrected chi connectivity index (χ2v) is 5.33. The summed E-state index contributed by atoms with van der Waals surface area (Å²) in [5.74, 6) is 1.89. The first-order valence-electron chi connectivity index (χ1n) is 5.85. The van der Waals surface area contributed by atoms with Gasteiger partial charge in [0, 0.05) is 17.2 Å². The zero-order valence-electron chi connectivity index (χ0n) is 11.0. The molecule has 0 aliphatic rings. The number of anilines is 1. The Morgan fingerprint density at radius 1 is 1.28 bits per heavy atom. The second kappa shape index (κ2) is 4.94. The van der Waals surface area contributed by atoms with Crippen molar-refractivity contribution >= 4 is 17.2 Å². The van der Waals surface area contributed by atoms with Crippen LogP contribution in [0.5, 0.6) is 10.9 Å². The number of hydrogen-bond donors (Lipinski definition) is 1. The van der Waals surface area contributed by atoms with Gasteiger partial charge in [-0.3, -0.25) is 0 Å². The van der Waals surface area contributed by atoms with Crippen LogP contribution in [0.3, 0.4) is 0 Å². The maximum absolute atomic E-state index is 5.94. The van der Waals surface area contributed by atoms with Gasteiger partial charge in [0.1, 0.15) is 11.6 Å². The summed E-state index contributed by atoms with van der Waals surface area (Å²) in [6.45, 7) is 8.04. The first kappa shape index (κ1) is 12.8. The molecule has 0 aliphatic heterocycles. The van der Waals surface area contributed by atoms with E-state index in [4.69, 9.17) is 10.5 Å². The Morgan fingerprint density at radius 2 is 2.00 bits per heavy atom. The predicted molar refractivity (Wildman–Crippen MR) is 74.4 cm³/mol. The Morgan fingerprint density at radius 3 is 2.56 bits per heavy atom. The summed E-state index contributed by atoms with van der Waals surface area (Å²) in [4.78, 5) is 4.21. The quantitative estimate of drug-likeness (QED) is 0.859. The molecule has 5 heteroatoms. The van der Waals surface area contributed by atoms with Gasteiger partial charge in [-0.2, -0.15) is 9.36 Å². The van der Waals surface area contributed by atoms with E-state index in [9.17, 15) is 0 Å². The lowest BCUT2D eigenvalue weighted by atomic mass is 9.99. The van der Waals surface area contributed by atoms with Gasteiger partial charge >= 0.3 is 0 Å². The van der Waals surface area contributed by atoms with Gasteiger partial charge in [-0.1, -0.05) is 13.8 Å². The number of aryl methyl sites for hydroxylation is 2. The first-order chi connectivity index (χ1) is 8.47. The van der Waals surface area contributed by atoms with E-state index >= 15 is 0 Å². The Hall–Kier alpha value is -1.62. The largest absolute Gasteiger partial charge is 0.430 e. The van der Waals surface area contributed by atoms with Crippen LogP contribution in [-0.2, 0) is 0 Å². The topological polar surface area (TPSA) is 61.0 Å². The molecule has 0 fully saturated rings. The summed E-state index contributed by atoms with van der Waals surface area (Å²) in [7, 11) is 0. The van der Waals surface area contributed by atoms with E-state index in [1.807, 2.05) is 26.0 Å². The number of rotatable bonds is 3. The molecule has 0 bridgehead atoms. The highest BCUT2D eigenvalue weighted by Gasteiger charge is 2.13. The van der Waals surface area contributed by atoms with Crippen molar-refractivity contribution in [1.29, 1.82) is 0 Å². The minimum Gasteiger partial charge on any atom is -0.430 e. The van der Waals surface area contributed by atoms with E-state index in [0.717, 1.165) is 28.4 Å². The molecule has 0 spiro atoms. The minimum atomic E-state index is 0.344. The number of ether oxygens (including phenoxy) is 1. The zero-order chi connectivity index (χ0) is 13.3. The Labute approximate surface area is 111 Å². The lowest BCUT2D eigenvalue weighted by molar-refractivity contribution is 0.468. The summed E-state index contributed by atoms with van der Waals surface area (Å²) < 4.78 is 9.92. The van der Waals surface area contributed by atoms with Crippen molar-refractivity contribution < 1.29 is 4.74 Å². The molecule has 4 nitrogen and oxygen atoms in total. The van der Waals surface area contributed by atoms with Crippen LogP contribution < -0.4 is 10.5 Å². The Bertz CT molecular complexity index is 563. The maximum Gasteiger partial charge on any atom is 0.298 e. The molecular weight excluding hydrogens is 246 g/mol. The van der Waals surface area contributed by atoms with Crippen LogP contribution in [0, 0.1) is 13.8 Å². The molecule has 2 N–H and O–H groups in total. The molecule has 0 unspecified atom stereocenters. The van der Waals surface area contributed by atoms with Gasteiger partial charge in [-0.05, 0) is 43.0 Å². The van der Waals surface area contributed by atoms with Crippen LogP contribution in [-0.4, -0.2) is 9.36 Å². The summed E-state index contributed by atoms with van der Waals surface area (Å²) in [6, 6.07) is 3.94. The van der Waals surface area contributed by atoms with Crippen molar-refractivity contribution in [3.63, 3.8) is 0 Å². The number of benzene rings is 1. The molecule has 0 aliphatic carbocycles. The highest BCUT2D eigenvalue weighted by Crippen LogP contribution is 2.34. The van der Waals surface area contributed by atoms with Gasteiger partial charge in [0.25, 0.3) is 5.19 Å². The zero-order valence-corrected chi connectivity index (χ0v) is 11.8. The standard InChI is InChI=1S/C13H17N3OS/c1-7(2)10-6-11(14)8(3)5-12(10)17-13-15-9(4)16-18-13/h5-7H,14H2,1-4H3. The van der Waals surface area contributed by atoms with Gasteiger partial charge in [0.15, 0.2) is 0 Å². The molecule has 1 aromatic carbocycles. The van der Waals surface area contributed by atoms with Crippen molar-refractivity contribution in [2.24, 2.45) is 0 Å². The molecule has 0 radical (unpaired) electrons. The third-order valence-corrected chi connectivity index (χ3v) is 3.41. The summed E-state index contributed by atoms with van der Waals surface area (Å²) >= 11 is 1.26. The predicted octanol–water partition coefficient (Wildman–Crippen LogP) is 3.65. The summed E-state index contributed by atoms with van der Waals surface area (Å²) in [5, 5.41) is 0.568. The molecule has 0 saturated carbocycles. The van der Waals surface area contributed by atoms with Gasteiger partial charge in [0.2, 0.25) is 0 Å². The van der Waals surface area contributed by atoms with Crippen molar-refractivity contribution in [1.82, 2.24) is 9.36 Å². The normalized spacial score (nSPS) is 10.9. The molecule has 1 aromatic heterocycles. The number of hydrogen-bond acceptors (Lipinski definition) is 5. The van der Waals surface area contributed by atoms with Crippen molar-refractivity contribution in [2.45, 2.75) is 33.6 Å². The molecule has 0 amide bonds. The average Bonchev–Trinajstić information content (AvgIpc) is 2.68. The highest BCUT2D eigenvalue weighted by molar-refractivity contribution is 7.07. The van der Waals surface area contributed by atoms with Crippen LogP contribution in [0.25, 0.3) is 0 Å². The van der Waals surface area contributed by atoms with Crippen LogP contribution in [0.1, 0.15) is 36.7 Å². The van der Waals surface area contributed by atoms with Crippen LogP contribution in [0.2, 0.25) is 0 Å². The Kier molecular flexibility index (Phi) is 3.52. The molecular formula is C13H17N3OS. The smallest absolute Gasteiger partial charge is 0.298 e. The minimum absolute atomic E-state index is 0.344. The molecule has 2 aromatic rings. The average molecular weight is 263 g/mol. The van der Waals surface area contributed by atoms with Gasteiger partial charge in [0.05, 0.1) is 0 Å². The monoisotopic (exact) mass is 263 g/mol. The summed E-state index contributed by atoms with van der Waals surface area (Å²) in [5.41, 5.74) is 8.83. The van der Waals surface area contributed by atoms with E-state index in [0.29, 0.717) is 11.1 Å². The molecule has 1 heterocycles. The van der Waals surface area contributed by atoms with Crippen molar-refractivity contribution in [3.05, 3.63) is 29.1 Å². The maximum atomic E-state index is 5.94. The van der Waals surface area contributed by atoms with E-state index in [2.05, 4.69) is 23.2 Å². The fraction of sp³-hybridized carbons (Fsp3) is 0.385. The molecule has 0 atom stereocenters. The van der Waals surface area contributed by atoms with E-state index in [-0.39, 0.29) is 0 Å². The van der Waals surface area contributed by atoms with Crippen molar-refractivity contribution in [3.8, 4) is 10.9 Å². The molecule has 0 saturated heterocycles. The molecule has 2 rings (SSSR count). The number of aromatic nitrogens is 2. The van der Waals surface area contributed by atoms with Crippen LogP contribution in [0.15, 0.2) is 12.1 Å². The van der Waals surface area contributed by atoms with E-state index < -0.39 is 0 Å². The van der Waals surface area contributed by atoms with Gasteiger partial charge in [-0.25, -0.2) is 0 Å². The third-order valence-electron chi connectivity index (χ3n) is 2.73. The van der Waals surface area contributed by atoms with Gasteiger partial charge in [-0.15, -0.1) is 0 Å². The first-order valence-corrected chi connectivity index (χ1v) is 6.63. The van der Waals surface area contributed by atoms with Crippen LogP contribution in [0.4, 0.5) is 5.69 Å². The number of nitrogens with two attached hydrogens (primary N) is 1. The second-order valence-electron chi connectivity index (χ2n) is 4.61. The summed E-state index contributed by atoms with van der Waals surface area (Å²) in [6.07, 6.45) is 0. The lowest BCUT2D eigenvalue weighted by Crippen LogP contribution is -1.98. The van der Waals surface area contributed by atoms with Crippen molar-refractivity contribution in [2.75, 3.05) is 5.73 Å². The fourth-order valence-corrected chi connectivity index (χ4v) is 2.22. The third kappa shape index (κ3) is 2.61. The van der Waals surface area contributed by atoms with Crippen LogP contribution >= 0.6 is 11.5 Å². The molecule has 96 valence electrons. The number of nitrogens with zero attached hydrogens (tertiary/aromatic N) is 2. The highest BCUT2D eigenvalue weighted by atomic mass is 32.1. The lowest BCUT2D eigenvalue weighted by Gasteiger charge is -2.14. The number of nitrogen functional groups attached to an aromatic ring is 1. The van der Waals surface area contributed by atoms with E-state index in [1.54, 1.807) is 0 Å². The van der Waals surface area contributed by atoms with Gasteiger partial charge < -0.3 is 10.5 Å². The fourth-order valence-electron chi connectivity index (χ4n) is 1.67. The van der Waals surface area contributed by atoms with E-state index in [1.165, 1.54) is 11.5 Å². The Balaban J connectivity index is 2.39. The SMILES string of the molecule is Cc1nsc(Oc2cc(C)c(N)cc2C(C)C)n1. The molecule has 18 heavy (non-hydrogen) atoms.